The molecule has 1 amide bonds. The van der Waals surface area contributed by atoms with Gasteiger partial charge in [0.05, 0.1) is 0 Å². The lowest BCUT2D eigenvalue weighted by atomic mass is 10.1. The van der Waals surface area contributed by atoms with Crippen molar-refractivity contribution in [2.24, 2.45) is 0 Å². The highest BCUT2D eigenvalue weighted by molar-refractivity contribution is 6.05. The van der Waals surface area contributed by atoms with Gasteiger partial charge in [0.1, 0.15) is 0 Å². The quantitative estimate of drug-likeness (QED) is 0.779. The molecule has 24 heavy (non-hydrogen) atoms. The van der Waals surface area contributed by atoms with Crippen molar-refractivity contribution in [3.05, 3.63) is 59.7 Å². The molecule has 0 saturated carbocycles. The molecule has 0 heterocycles. The SMILES string of the molecule is CCCN(CC)c1ccc(C(=O)N(C)c2ccc(F)c(F)c2)cc1. The molecule has 2 rings (SSSR count). The summed E-state index contributed by atoms with van der Waals surface area (Å²) in [4.78, 5) is 16.1. The number of carbonyl (C=O) groups excluding carboxylic acids is 1. The number of nitrogens with zero attached hydrogens (tertiary/aromatic N) is 2. The number of benzene rings is 2. The predicted octanol–water partition coefficient (Wildman–Crippen LogP) is 4.48. The predicted molar refractivity (Wildman–Crippen MR) is 93.7 cm³/mol. The smallest absolute Gasteiger partial charge is 0.258 e. The van der Waals surface area contributed by atoms with Gasteiger partial charge < -0.3 is 9.80 Å². The van der Waals surface area contributed by atoms with Crippen LogP contribution in [0.3, 0.4) is 0 Å². The van der Waals surface area contributed by atoms with Crippen LogP contribution in [0.2, 0.25) is 0 Å². The zero-order chi connectivity index (χ0) is 17.7. The molecule has 0 aliphatic rings. The average Bonchev–Trinajstić information content (AvgIpc) is 2.61. The van der Waals surface area contributed by atoms with Crippen LogP contribution >= 0.6 is 0 Å². The van der Waals surface area contributed by atoms with Crippen molar-refractivity contribution in [3.63, 3.8) is 0 Å². The van der Waals surface area contributed by atoms with E-state index in [1.165, 1.54) is 11.0 Å². The first kappa shape index (κ1) is 17.9. The van der Waals surface area contributed by atoms with Crippen LogP contribution in [0.15, 0.2) is 42.5 Å². The van der Waals surface area contributed by atoms with Crippen LogP contribution in [0.5, 0.6) is 0 Å². The van der Waals surface area contributed by atoms with Gasteiger partial charge in [-0.15, -0.1) is 0 Å². The highest BCUT2D eigenvalue weighted by atomic mass is 19.2. The molecule has 2 aromatic carbocycles. The third-order valence-electron chi connectivity index (χ3n) is 3.95. The lowest BCUT2D eigenvalue weighted by Gasteiger charge is -2.23. The number of rotatable bonds is 6. The molecule has 3 nitrogen and oxygen atoms in total. The highest BCUT2D eigenvalue weighted by Gasteiger charge is 2.15. The number of anilines is 2. The summed E-state index contributed by atoms with van der Waals surface area (Å²) in [5.41, 5.74) is 1.87. The molecule has 0 aliphatic heterocycles. The van der Waals surface area contributed by atoms with Gasteiger partial charge >= 0.3 is 0 Å². The van der Waals surface area contributed by atoms with E-state index in [1.54, 1.807) is 19.2 Å². The Hall–Kier alpha value is -2.43. The van der Waals surface area contributed by atoms with Crippen molar-refractivity contribution < 1.29 is 13.6 Å². The van der Waals surface area contributed by atoms with Crippen molar-refractivity contribution in [2.75, 3.05) is 29.9 Å². The fraction of sp³-hybridized carbons (Fsp3) is 0.316. The Balaban J connectivity index is 2.18. The monoisotopic (exact) mass is 332 g/mol. The third-order valence-corrected chi connectivity index (χ3v) is 3.95. The molecule has 0 N–H and O–H groups in total. The summed E-state index contributed by atoms with van der Waals surface area (Å²) in [6, 6.07) is 10.7. The summed E-state index contributed by atoms with van der Waals surface area (Å²) < 4.78 is 26.4. The fourth-order valence-electron chi connectivity index (χ4n) is 2.56. The second-order valence-corrected chi connectivity index (χ2v) is 5.59. The number of hydrogen-bond donors (Lipinski definition) is 0. The van der Waals surface area contributed by atoms with Crippen molar-refractivity contribution in [1.82, 2.24) is 0 Å². The van der Waals surface area contributed by atoms with E-state index in [0.717, 1.165) is 37.3 Å². The first-order chi connectivity index (χ1) is 11.5. The molecule has 0 bridgehead atoms. The van der Waals surface area contributed by atoms with Crippen LogP contribution in [-0.4, -0.2) is 26.0 Å². The molecule has 128 valence electrons. The molecular weight excluding hydrogens is 310 g/mol. The van der Waals surface area contributed by atoms with Gasteiger partial charge in [-0.25, -0.2) is 8.78 Å². The highest BCUT2D eigenvalue weighted by Crippen LogP contribution is 2.21. The van der Waals surface area contributed by atoms with Crippen molar-refractivity contribution in [2.45, 2.75) is 20.3 Å². The summed E-state index contributed by atoms with van der Waals surface area (Å²) in [6.07, 6.45) is 1.05. The van der Waals surface area contributed by atoms with Crippen LogP contribution in [0.25, 0.3) is 0 Å². The number of halogens is 2. The zero-order valence-corrected chi connectivity index (χ0v) is 14.2. The summed E-state index contributed by atoms with van der Waals surface area (Å²) in [5, 5.41) is 0. The Kier molecular flexibility index (Phi) is 5.90. The van der Waals surface area contributed by atoms with E-state index in [-0.39, 0.29) is 5.91 Å². The maximum absolute atomic E-state index is 13.3. The first-order valence-electron chi connectivity index (χ1n) is 8.06. The Labute approximate surface area is 141 Å². The fourth-order valence-corrected chi connectivity index (χ4v) is 2.56. The van der Waals surface area contributed by atoms with Gasteiger partial charge in [-0.1, -0.05) is 6.92 Å². The van der Waals surface area contributed by atoms with Gasteiger partial charge in [-0.2, -0.15) is 0 Å². The minimum absolute atomic E-state index is 0.272. The molecule has 0 fully saturated rings. The van der Waals surface area contributed by atoms with E-state index in [9.17, 15) is 13.6 Å². The van der Waals surface area contributed by atoms with Crippen LogP contribution in [0, 0.1) is 11.6 Å². The number of carbonyl (C=O) groups is 1. The van der Waals surface area contributed by atoms with Crippen LogP contribution in [0.1, 0.15) is 30.6 Å². The molecular formula is C19H22F2N2O. The minimum Gasteiger partial charge on any atom is -0.372 e. The van der Waals surface area contributed by atoms with Gasteiger partial charge in [0.15, 0.2) is 11.6 Å². The molecule has 0 unspecified atom stereocenters. The van der Waals surface area contributed by atoms with E-state index in [0.29, 0.717) is 11.3 Å². The van der Waals surface area contributed by atoms with Crippen LogP contribution in [-0.2, 0) is 0 Å². The van der Waals surface area contributed by atoms with Gasteiger partial charge in [-0.05, 0) is 49.7 Å². The third kappa shape index (κ3) is 3.91. The molecule has 0 radical (unpaired) electrons. The number of amides is 1. The van der Waals surface area contributed by atoms with Crippen LogP contribution in [0.4, 0.5) is 20.2 Å². The van der Waals surface area contributed by atoms with Crippen LogP contribution < -0.4 is 9.80 Å². The minimum atomic E-state index is -0.972. The summed E-state index contributed by atoms with van der Waals surface area (Å²) >= 11 is 0. The Morgan fingerprint density at radius 1 is 0.958 bits per heavy atom. The number of hydrogen-bond acceptors (Lipinski definition) is 2. The van der Waals surface area contributed by atoms with E-state index in [2.05, 4.69) is 18.7 Å². The Morgan fingerprint density at radius 2 is 1.58 bits per heavy atom. The van der Waals surface area contributed by atoms with E-state index < -0.39 is 11.6 Å². The van der Waals surface area contributed by atoms with E-state index >= 15 is 0 Å². The Bertz CT molecular complexity index is 701. The molecule has 5 heteroatoms. The molecule has 0 spiro atoms. The van der Waals surface area contributed by atoms with Crippen molar-refractivity contribution in [3.8, 4) is 0 Å². The topological polar surface area (TPSA) is 23.6 Å². The van der Waals surface area contributed by atoms with E-state index in [4.69, 9.17) is 0 Å². The summed E-state index contributed by atoms with van der Waals surface area (Å²) in [6.45, 7) is 6.07. The second kappa shape index (κ2) is 7.90. The maximum atomic E-state index is 13.3. The maximum Gasteiger partial charge on any atom is 0.258 e. The summed E-state index contributed by atoms with van der Waals surface area (Å²) in [7, 11) is 1.54. The summed E-state index contributed by atoms with van der Waals surface area (Å²) in [5.74, 6) is -2.17. The lowest BCUT2D eigenvalue weighted by molar-refractivity contribution is 0.0993. The van der Waals surface area contributed by atoms with Gasteiger partial charge in [0, 0.05) is 43.1 Å². The largest absolute Gasteiger partial charge is 0.372 e. The zero-order valence-electron chi connectivity index (χ0n) is 14.2. The molecule has 0 atom stereocenters. The molecule has 2 aromatic rings. The second-order valence-electron chi connectivity index (χ2n) is 5.59. The van der Waals surface area contributed by atoms with Gasteiger partial charge in [-0.3, -0.25) is 4.79 Å². The Morgan fingerprint density at radius 3 is 2.12 bits per heavy atom. The van der Waals surface area contributed by atoms with E-state index in [1.807, 2.05) is 12.1 Å². The standard InChI is InChI=1S/C19H22F2N2O/c1-4-12-23(5-2)15-8-6-14(7-9-15)19(24)22(3)16-10-11-17(20)18(21)13-16/h6-11,13H,4-5,12H2,1-3H3. The van der Waals surface area contributed by atoms with Gasteiger partial charge in [0.25, 0.3) is 5.91 Å². The molecule has 0 saturated heterocycles. The average molecular weight is 332 g/mol. The lowest BCUT2D eigenvalue weighted by Crippen LogP contribution is -2.27. The first-order valence-corrected chi connectivity index (χ1v) is 8.06. The van der Waals surface area contributed by atoms with Crippen molar-refractivity contribution in [1.29, 1.82) is 0 Å². The normalized spacial score (nSPS) is 10.5. The van der Waals surface area contributed by atoms with Gasteiger partial charge in [0.2, 0.25) is 0 Å². The van der Waals surface area contributed by atoms with Crippen molar-refractivity contribution >= 4 is 17.3 Å². The molecule has 0 aliphatic carbocycles. The molecule has 0 aromatic heterocycles.